The molecule has 0 saturated carbocycles. The highest BCUT2D eigenvalue weighted by atomic mass is 19.1. The summed E-state index contributed by atoms with van der Waals surface area (Å²) >= 11 is 0. The number of aliphatic carboxylic acids is 1. The van der Waals surface area contributed by atoms with Gasteiger partial charge in [0.15, 0.2) is 11.5 Å². The summed E-state index contributed by atoms with van der Waals surface area (Å²) in [7, 11) is 0. The van der Waals surface area contributed by atoms with Crippen molar-refractivity contribution in [2.75, 3.05) is 6.54 Å². The molecule has 1 aliphatic heterocycles. The maximum atomic E-state index is 13.0. The Morgan fingerprint density at radius 2 is 1.90 bits per heavy atom. The maximum Gasteiger partial charge on any atom is 0.290 e. The third-order valence-electron chi connectivity index (χ3n) is 3.17. The van der Waals surface area contributed by atoms with E-state index in [-0.39, 0.29) is 5.57 Å². The molecule has 0 aromatic heterocycles. The average molecular weight is 292 g/mol. The smallest absolute Gasteiger partial charge is 0.290 e. The molecule has 0 aliphatic carbocycles. The summed E-state index contributed by atoms with van der Waals surface area (Å²) in [5.41, 5.74) is 0.105. The normalized spacial score (nSPS) is 18.3. The van der Waals surface area contributed by atoms with Crippen molar-refractivity contribution in [3.63, 3.8) is 0 Å². The number of carbonyl (C=O) groups excluding carboxylic acids is 3. The van der Waals surface area contributed by atoms with E-state index in [0.717, 1.165) is 24.0 Å². The highest BCUT2D eigenvalue weighted by Gasteiger charge is 2.42. The molecule has 0 saturated heterocycles. The van der Waals surface area contributed by atoms with Crippen LogP contribution in [0.1, 0.15) is 18.5 Å². The Morgan fingerprint density at radius 3 is 2.38 bits per heavy atom. The van der Waals surface area contributed by atoms with Gasteiger partial charge in [-0.1, -0.05) is 12.1 Å². The van der Waals surface area contributed by atoms with Crippen molar-refractivity contribution >= 4 is 17.7 Å². The van der Waals surface area contributed by atoms with Crippen LogP contribution in [-0.2, 0) is 14.4 Å². The molecule has 6 nitrogen and oxygen atoms in total. The van der Waals surface area contributed by atoms with Gasteiger partial charge in [0, 0.05) is 0 Å². The minimum absolute atomic E-state index is 0.215. The van der Waals surface area contributed by atoms with Crippen LogP contribution in [0.15, 0.2) is 35.6 Å². The van der Waals surface area contributed by atoms with Gasteiger partial charge in [-0.3, -0.25) is 9.59 Å². The molecule has 1 aliphatic rings. The van der Waals surface area contributed by atoms with Gasteiger partial charge in [-0.2, -0.15) is 0 Å². The van der Waals surface area contributed by atoms with Gasteiger partial charge in [0.1, 0.15) is 5.82 Å². The standard InChI is InChI=1S/C14H12FNO5/c1-7(17)11-12(8-2-4-9(15)5-3-8)16(6-10(18)19)14(21)13(11)20/h2-5,12,20H,6H2,1H3,(H,18,19)/p-1/t12-/m1/s1. The topological polar surface area (TPSA) is 97.7 Å². The number of carbonyl (C=O) groups is 3. The van der Waals surface area contributed by atoms with Gasteiger partial charge >= 0.3 is 0 Å². The number of rotatable bonds is 4. The van der Waals surface area contributed by atoms with Crippen LogP contribution in [-0.4, -0.2) is 34.2 Å². The number of ketones is 1. The van der Waals surface area contributed by atoms with Crippen molar-refractivity contribution in [2.45, 2.75) is 13.0 Å². The Morgan fingerprint density at radius 1 is 1.33 bits per heavy atom. The van der Waals surface area contributed by atoms with E-state index in [9.17, 15) is 29.0 Å². The van der Waals surface area contributed by atoms with E-state index >= 15 is 0 Å². The van der Waals surface area contributed by atoms with Gasteiger partial charge in [-0.05, 0) is 24.6 Å². The predicted octanol–water partition coefficient (Wildman–Crippen LogP) is -0.140. The number of carboxylic acid groups (broad SMARTS) is 1. The van der Waals surface area contributed by atoms with Crippen LogP contribution in [0.5, 0.6) is 0 Å². The molecule has 0 spiro atoms. The molecule has 2 rings (SSSR count). The van der Waals surface area contributed by atoms with E-state index in [1.165, 1.54) is 12.1 Å². The Balaban J connectivity index is 2.53. The number of nitrogens with zero attached hydrogens (tertiary/aromatic N) is 1. The quantitative estimate of drug-likeness (QED) is 0.833. The zero-order valence-electron chi connectivity index (χ0n) is 11.0. The average Bonchev–Trinajstić information content (AvgIpc) is 2.64. The molecule has 1 atom stereocenters. The highest BCUT2D eigenvalue weighted by molar-refractivity contribution is 6.08. The number of aliphatic hydroxyl groups is 1. The van der Waals surface area contributed by atoms with Gasteiger partial charge < -0.3 is 19.9 Å². The number of halogens is 1. The second-order valence-electron chi connectivity index (χ2n) is 4.58. The van der Waals surface area contributed by atoms with Gasteiger partial charge in [0.2, 0.25) is 0 Å². The first-order chi connectivity index (χ1) is 9.82. The van der Waals surface area contributed by atoms with Gasteiger partial charge in [-0.25, -0.2) is 4.39 Å². The fourth-order valence-corrected chi connectivity index (χ4v) is 2.31. The number of carboxylic acids is 1. The monoisotopic (exact) mass is 292 g/mol. The fourth-order valence-electron chi connectivity index (χ4n) is 2.31. The van der Waals surface area contributed by atoms with E-state index in [1.54, 1.807) is 0 Å². The first-order valence-electron chi connectivity index (χ1n) is 6.03. The summed E-state index contributed by atoms with van der Waals surface area (Å²) in [4.78, 5) is 35.1. The second kappa shape index (κ2) is 5.35. The zero-order valence-corrected chi connectivity index (χ0v) is 11.0. The summed E-state index contributed by atoms with van der Waals surface area (Å²) in [5.74, 6) is -4.40. The molecule has 1 amide bonds. The molecule has 110 valence electrons. The van der Waals surface area contributed by atoms with Crippen molar-refractivity contribution < 1.29 is 29.0 Å². The molecule has 7 heteroatoms. The fraction of sp³-hybridized carbons (Fsp3) is 0.214. The number of hydrogen-bond donors (Lipinski definition) is 1. The van der Waals surface area contributed by atoms with Crippen LogP contribution >= 0.6 is 0 Å². The third kappa shape index (κ3) is 2.62. The van der Waals surface area contributed by atoms with Crippen molar-refractivity contribution in [1.82, 2.24) is 4.90 Å². The molecule has 1 N–H and O–H groups in total. The van der Waals surface area contributed by atoms with Crippen LogP contribution in [0.25, 0.3) is 0 Å². The molecule has 1 heterocycles. The number of hydrogen-bond acceptors (Lipinski definition) is 5. The number of Topliss-reactive ketones (excluding diaryl/α,β-unsaturated/α-hetero) is 1. The van der Waals surface area contributed by atoms with E-state index < -0.39 is 41.8 Å². The summed E-state index contributed by atoms with van der Waals surface area (Å²) in [6.07, 6.45) is 0. The minimum atomic E-state index is -1.53. The lowest BCUT2D eigenvalue weighted by atomic mass is 9.97. The van der Waals surface area contributed by atoms with Gasteiger partial charge in [-0.15, -0.1) is 0 Å². The molecule has 0 unspecified atom stereocenters. The predicted molar refractivity (Wildman–Crippen MR) is 66.2 cm³/mol. The van der Waals surface area contributed by atoms with E-state index in [4.69, 9.17) is 0 Å². The summed E-state index contributed by atoms with van der Waals surface area (Å²) < 4.78 is 13.0. The van der Waals surface area contributed by atoms with Gasteiger partial charge in [0.25, 0.3) is 5.91 Å². The Bertz CT molecular complexity index is 650. The third-order valence-corrected chi connectivity index (χ3v) is 3.17. The molecule has 1 aromatic rings. The lowest BCUT2D eigenvalue weighted by Gasteiger charge is -2.26. The lowest BCUT2D eigenvalue weighted by Crippen LogP contribution is -2.41. The Labute approximate surface area is 119 Å². The van der Waals surface area contributed by atoms with Gasteiger partial charge in [0.05, 0.1) is 24.1 Å². The lowest BCUT2D eigenvalue weighted by molar-refractivity contribution is -0.306. The largest absolute Gasteiger partial charge is 0.548 e. The SMILES string of the molecule is CC(=O)C1=C(O)C(=O)N(CC(=O)[O-])[C@@H]1c1ccc(F)cc1. The molecule has 0 bridgehead atoms. The first kappa shape index (κ1) is 14.7. The molecule has 1 aromatic carbocycles. The first-order valence-corrected chi connectivity index (χ1v) is 6.03. The summed E-state index contributed by atoms with van der Waals surface area (Å²) in [5, 5.41) is 20.5. The van der Waals surface area contributed by atoms with Crippen LogP contribution in [0, 0.1) is 5.82 Å². The Hall–Kier alpha value is -2.70. The van der Waals surface area contributed by atoms with E-state index in [1.807, 2.05) is 0 Å². The highest BCUT2D eigenvalue weighted by Crippen LogP contribution is 2.37. The van der Waals surface area contributed by atoms with Crippen molar-refractivity contribution in [1.29, 1.82) is 0 Å². The molecule has 0 radical (unpaired) electrons. The second-order valence-corrected chi connectivity index (χ2v) is 4.58. The Kier molecular flexibility index (Phi) is 3.75. The molecule has 0 fully saturated rings. The minimum Gasteiger partial charge on any atom is -0.548 e. The number of benzene rings is 1. The van der Waals surface area contributed by atoms with E-state index in [0.29, 0.717) is 5.56 Å². The summed E-state index contributed by atoms with van der Waals surface area (Å²) in [6, 6.07) is 3.79. The number of amides is 1. The molecular weight excluding hydrogens is 281 g/mol. The van der Waals surface area contributed by atoms with Crippen LogP contribution in [0.2, 0.25) is 0 Å². The number of aliphatic hydroxyl groups excluding tert-OH is 1. The van der Waals surface area contributed by atoms with Crippen molar-refractivity contribution in [2.24, 2.45) is 0 Å². The van der Waals surface area contributed by atoms with Crippen LogP contribution < -0.4 is 5.11 Å². The zero-order chi connectivity index (χ0) is 15.7. The van der Waals surface area contributed by atoms with Crippen LogP contribution in [0.3, 0.4) is 0 Å². The van der Waals surface area contributed by atoms with Crippen molar-refractivity contribution in [3.8, 4) is 0 Å². The molecule has 21 heavy (non-hydrogen) atoms. The maximum absolute atomic E-state index is 13.0. The summed E-state index contributed by atoms with van der Waals surface area (Å²) in [6.45, 7) is 0.361. The van der Waals surface area contributed by atoms with Crippen LogP contribution in [0.4, 0.5) is 4.39 Å². The molecular formula is C14H11FNO5-. The van der Waals surface area contributed by atoms with E-state index in [2.05, 4.69) is 0 Å². The van der Waals surface area contributed by atoms with Crippen molar-refractivity contribution in [3.05, 3.63) is 47.0 Å².